The van der Waals surface area contributed by atoms with Crippen molar-refractivity contribution in [3.8, 4) is 0 Å². The van der Waals surface area contributed by atoms with Crippen LogP contribution >= 0.6 is 11.6 Å². The number of carbonyl (C=O) groups is 1. The zero-order valence-corrected chi connectivity index (χ0v) is 13.4. The van der Waals surface area contributed by atoms with Crippen LogP contribution in [0.4, 0.5) is 0 Å². The molecular formula is C16H23ClO3. The third kappa shape index (κ3) is 5.51. The van der Waals surface area contributed by atoms with Gasteiger partial charge in [-0.2, -0.15) is 0 Å². The molecule has 1 aromatic carbocycles. The largest absolute Gasteiger partial charge is 0.456 e. The molecule has 0 spiro atoms. The summed E-state index contributed by atoms with van der Waals surface area (Å²) in [6.07, 6.45) is 0.652. The van der Waals surface area contributed by atoms with Gasteiger partial charge in [-0.25, -0.2) is 4.79 Å². The van der Waals surface area contributed by atoms with Crippen molar-refractivity contribution in [2.75, 3.05) is 13.2 Å². The Hall–Kier alpha value is -1.06. The van der Waals surface area contributed by atoms with Crippen LogP contribution in [0.5, 0.6) is 0 Å². The number of carbonyl (C=O) groups excluding carboxylic acids is 1. The molecule has 0 aromatic heterocycles. The summed E-state index contributed by atoms with van der Waals surface area (Å²) in [6, 6.07) is 6.76. The monoisotopic (exact) mass is 298 g/mol. The first-order chi connectivity index (χ1) is 9.34. The maximum absolute atomic E-state index is 12.2. The lowest BCUT2D eigenvalue weighted by molar-refractivity contribution is -0.0447. The molecule has 0 saturated heterocycles. The van der Waals surface area contributed by atoms with E-state index in [9.17, 15) is 4.79 Å². The van der Waals surface area contributed by atoms with Crippen molar-refractivity contribution in [2.45, 2.75) is 40.2 Å². The van der Waals surface area contributed by atoms with Crippen LogP contribution in [0.3, 0.4) is 0 Å². The normalized spacial score (nSPS) is 13.1. The highest BCUT2D eigenvalue weighted by molar-refractivity contribution is 6.30. The first kappa shape index (κ1) is 17.0. The third-order valence-corrected chi connectivity index (χ3v) is 3.13. The molecule has 112 valence electrons. The Bertz CT molecular complexity index is 438. The first-order valence-corrected chi connectivity index (χ1v) is 7.26. The molecule has 0 fully saturated rings. The van der Waals surface area contributed by atoms with E-state index in [2.05, 4.69) is 0 Å². The molecule has 0 heterocycles. The summed E-state index contributed by atoms with van der Waals surface area (Å²) in [5, 5.41) is 0.522. The topological polar surface area (TPSA) is 35.5 Å². The summed E-state index contributed by atoms with van der Waals surface area (Å²) in [4.78, 5) is 12.2. The first-order valence-electron chi connectivity index (χ1n) is 6.89. The molecule has 0 radical (unpaired) electrons. The molecule has 0 amide bonds. The van der Waals surface area contributed by atoms with Crippen LogP contribution in [0.15, 0.2) is 24.3 Å². The molecule has 0 bridgehead atoms. The third-order valence-electron chi connectivity index (χ3n) is 2.89. The maximum atomic E-state index is 12.2. The zero-order valence-electron chi connectivity index (χ0n) is 12.6. The second-order valence-corrected chi connectivity index (χ2v) is 6.28. The second kappa shape index (κ2) is 7.65. The summed E-state index contributed by atoms with van der Waals surface area (Å²) < 4.78 is 11.1. The molecule has 0 saturated carbocycles. The molecule has 1 rings (SSSR count). The van der Waals surface area contributed by atoms with Crippen molar-refractivity contribution in [1.29, 1.82) is 0 Å². The zero-order chi connectivity index (χ0) is 15.2. The van der Waals surface area contributed by atoms with Crippen LogP contribution in [-0.2, 0) is 9.47 Å². The predicted molar refractivity (Wildman–Crippen MR) is 81.2 cm³/mol. The van der Waals surface area contributed by atoms with Crippen molar-refractivity contribution >= 4 is 17.6 Å². The van der Waals surface area contributed by atoms with Crippen molar-refractivity contribution in [3.05, 3.63) is 34.9 Å². The number of halogens is 1. The van der Waals surface area contributed by atoms with E-state index in [1.54, 1.807) is 24.3 Å². The van der Waals surface area contributed by atoms with Crippen LogP contribution in [0.2, 0.25) is 5.02 Å². The Morgan fingerprint density at radius 1 is 1.35 bits per heavy atom. The van der Waals surface area contributed by atoms with Gasteiger partial charge < -0.3 is 9.47 Å². The molecule has 1 unspecified atom stereocenters. The SMILES string of the molecule is CCCOCC(OC(=O)c1cccc(Cl)c1)C(C)(C)C. The smallest absolute Gasteiger partial charge is 0.338 e. The number of benzene rings is 1. The molecule has 1 atom stereocenters. The average Bonchev–Trinajstić information content (AvgIpc) is 2.36. The molecule has 4 heteroatoms. The van der Waals surface area contributed by atoms with Gasteiger partial charge in [-0.1, -0.05) is 45.4 Å². The highest BCUT2D eigenvalue weighted by Crippen LogP contribution is 2.24. The van der Waals surface area contributed by atoms with E-state index in [-0.39, 0.29) is 17.5 Å². The number of rotatable bonds is 6. The molecule has 0 aliphatic carbocycles. The molecular weight excluding hydrogens is 276 g/mol. The van der Waals surface area contributed by atoms with Gasteiger partial charge in [0.1, 0.15) is 6.10 Å². The van der Waals surface area contributed by atoms with Crippen molar-refractivity contribution < 1.29 is 14.3 Å². The van der Waals surface area contributed by atoms with Crippen LogP contribution in [0.25, 0.3) is 0 Å². The van der Waals surface area contributed by atoms with Crippen molar-refractivity contribution in [3.63, 3.8) is 0 Å². The van der Waals surface area contributed by atoms with E-state index >= 15 is 0 Å². The van der Waals surface area contributed by atoms with Gasteiger partial charge in [0, 0.05) is 17.0 Å². The highest BCUT2D eigenvalue weighted by atomic mass is 35.5. The summed E-state index contributed by atoms with van der Waals surface area (Å²) in [7, 11) is 0. The average molecular weight is 299 g/mol. The minimum Gasteiger partial charge on any atom is -0.456 e. The predicted octanol–water partition coefficient (Wildman–Crippen LogP) is 4.34. The fraction of sp³-hybridized carbons (Fsp3) is 0.562. The minimum absolute atomic E-state index is 0.179. The van der Waals surface area contributed by atoms with Gasteiger partial charge in [-0.3, -0.25) is 0 Å². The molecule has 3 nitrogen and oxygen atoms in total. The highest BCUT2D eigenvalue weighted by Gasteiger charge is 2.29. The molecule has 0 aliphatic heterocycles. The van der Waals surface area contributed by atoms with Crippen LogP contribution < -0.4 is 0 Å². The maximum Gasteiger partial charge on any atom is 0.338 e. The summed E-state index contributed by atoms with van der Waals surface area (Å²) in [5.74, 6) is -0.368. The van der Waals surface area contributed by atoms with Gasteiger partial charge in [0.15, 0.2) is 0 Å². The van der Waals surface area contributed by atoms with Crippen molar-refractivity contribution in [2.24, 2.45) is 5.41 Å². The number of hydrogen-bond acceptors (Lipinski definition) is 3. The number of ether oxygens (including phenoxy) is 2. The van der Waals surface area contributed by atoms with Gasteiger partial charge in [0.05, 0.1) is 12.2 Å². The van der Waals surface area contributed by atoms with Crippen molar-refractivity contribution in [1.82, 2.24) is 0 Å². The summed E-state index contributed by atoms with van der Waals surface area (Å²) in [5.41, 5.74) is 0.282. The van der Waals surface area contributed by atoms with E-state index in [4.69, 9.17) is 21.1 Å². The van der Waals surface area contributed by atoms with Crippen LogP contribution in [0, 0.1) is 5.41 Å². The lowest BCUT2D eigenvalue weighted by atomic mass is 9.89. The fourth-order valence-electron chi connectivity index (χ4n) is 1.61. The van der Waals surface area contributed by atoms with Crippen LogP contribution in [-0.4, -0.2) is 25.3 Å². The Kier molecular flexibility index (Phi) is 6.50. The van der Waals surface area contributed by atoms with E-state index in [1.165, 1.54) is 0 Å². The van der Waals surface area contributed by atoms with E-state index in [1.807, 2.05) is 27.7 Å². The van der Waals surface area contributed by atoms with Gasteiger partial charge in [-0.15, -0.1) is 0 Å². The number of hydrogen-bond donors (Lipinski definition) is 0. The molecule has 1 aromatic rings. The second-order valence-electron chi connectivity index (χ2n) is 5.85. The molecule has 20 heavy (non-hydrogen) atoms. The lowest BCUT2D eigenvalue weighted by Crippen LogP contribution is -2.36. The molecule has 0 N–H and O–H groups in total. The Balaban J connectivity index is 2.71. The Morgan fingerprint density at radius 3 is 2.60 bits per heavy atom. The summed E-state index contributed by atoms with van der Waals surface area (Å²) >= 11 is 5.89. The molecule has 0 aliphatic rings. The minimum atomic E-state index is -0.368. The quantitative estimate of drug-likeness (QED) is 0.579. The van der Waals surface area contributed by atoms with Gasteiger partial charge in [0.25, 0.3) is 0 Å². The van der Waals surface area contributed by atoms with Crippen LogP contribution in [0.1, 0.15) is 44.5 Å². The van der Waals surface area contributed by atoms with E-state index in [0.29, 0.717) is 23.8 Å². The number of esters is 1. The Labute approximate surface area is 126 Å². The Morgan fingerprint density at radius 2 is 2.05 bits per heavy atom. The lowest BCUT2D eigenvalue weighted by Gasteiger charge is -2.30. The van der Waals surface area contributed by atoms with Gasteiger partial charge in [-0.05, 0) is 24.6 Å². The van der Waals surface area contributed by atoms with Gasteiger partial charge >= 0.3 is 5.97 Å². The van der Waals surface area contributed by atoms with Gasteiger partial charge in [0.2, 0.25) is 0 Å². The fourth-order valence-corrected chi connectivity index (χ4v) is 1.80. The van der Waals surface area contributed by atoms with E-state index in [0.717, 1.165) is 6.42 Å². The van der Waals surface area contributed by atoms with E-state index < -0.39 is 0 Å². The standard InChI is InChI=1S/C16H23ClO3/c1-5-9-19-11-14(16(2,3)4)20-15(18)12-7-6-8-13(17)10-12/h6-8,10,14H,5,9,11H2,1-4H3. The summed E-state index contributed by atoms with van der Waals surface area (Å²) in [6.45, 7) is 9.20.